The summed E-state index contributed by atoms with van der Waals surface area (Å²) in [6.45, 7) is 7.38. The Morgan fingerprint density at radius 1 is 1.44 bits per heavy atom. The highest BCUT2D eigenvalue weighted by atomic mass is 15.2. The molecule has 0 unspecified atom stereocenters. The average Bonchev–Trinajstić information content (AvgIpc) is 3.13. The monoisotopic (exact) mass is 247 g/mol. The van der Waals surface area contributed by atoms with Crippen LogP contribution in [0.1, 0.15) is 37.3 Å². The summed E-state index contributed by atoms with van der Waals surface area (Å²) in [6, 6.07) is 2.24. The van der Waals surface area contributed by atoms with E-state index in [2.05, 4.69) is 29.8 Å². The van der Waals surface area contributed by atoms with Crippen LogP contribution in [0.4, 0.5) is 5.82 Å². The third-order valence-corrected chi connectivity index (χ3v) is 3.51. The van der Waals surface area contributed by atoms with Crippen molar-refractivity contribution in [1.82, 2.24) is 4.98 Å². The standard InChI is InChI=1S/C15H25N3/c1-3-8-18(11-13-4-5-13)15-12(2)9-14(6-7-16)10-17-15/h9-10,13H,3-8,11,16H2,1-2H3. The summed E-state index contributed by atoms with van der Waals surface area (Å²) in [6.07, 6.45) is 6.88. The van der Waals surface area contributed by atoms with E-state index in [4.69, 9.17) is 5.73 Å². The van der Waals surface area contributed by atoms with Gasteiger partial charge in [0.2, 0.25) is 0 Å². The minimum atomic E-state index is 0.696. The Labute approximate surface area is 110 Å². The van der Waals surface area contributed by atoms with E-state index in [1.54, 1.807) is 0 Å². The van der Waals surface area contributed by atoms with Crippen molar-refractivity contribution in [2.45, 2.75) is 39.5 Å². The third kappa shape index (κ3) is 3.45. The van der Waals surface area contributed by atoms with Crippen molar-refractivity contribution >= 4 is 5.82 Å². The van der Waals surface area contributed by atoms with Crippen LogP contribution in [-0.4, -0.2) is 24.6 Å². The van der Waals surface area contributed by atoms with Gasteiger partial charge in [0, 0.05) is 19.3 Å². The average molecular weight is 247 g/mol. The summed E-state index contributed by atoms with van der Waals surface area (Å²) < 4.78 is 0. The van der Waals surface area contributed by atoms with Crippen LogP contribution in [0.3, 0.4) is 0 Å². The van der Waals surface area contributed by atoms with E-state index in [9.17, 15) is 0 Å². The molecular weight excluding hydrogens is 222 g/mol. The lowest BCUT2D eigenvalue weighted by atomic mass is 10.1. The molecule has 0 bridgehead atoms. The van der Waals surface area contributed by atoms with Crippen molar-refractivity contribution in [3.63, 3.8) is 0 Å². The van der Waals surface area contributed by atoms with E-state index in [0.29, 0.717) is 6.54 Å². The maximum absolute atomic E-state index is 5.59. The van der Waals surface area contributed by atoms with Crippen LogP contribution in [0.25, 0.3) is 0 Å². The molecule has 100 valence electrons. The number of aromatic nitrogens is 1. The van der Waals surface area contributed by atoms with E-state index in [-0.39, 0.29) is 0 Å². The van der Waals surface area contributed by atoms with Gasteiger partial charge in [-0.2, -0.15) is 0 Å². The lowest BCUT2D eigenvalue weighted by molar-refractivity contribution is 0.696. The maximum atomic E-state index is 5.59. The summed E-state index contributed by atoms with van der Waals surface area (Å²) in [5, 5.41) is 0. The van der Waals surface area contributed by atoms with E-state index >= 15 is 0 Å². The molecule has 1 fully saturated rings. The van der Waals surface area contributed by atoms with Gasteiger partial charge in [0.25, 0.3) is 0 Å². The van der Waals surface area contributed by atoms with E-state index in [0.717, 1.165) is 18.9 Å². The Morgan fingerprint density at radius 3 is 2.78 bits per heavy atom. The number of nitrogens with two attached hydrogens (primary N) is 1. The molecule has 2 N–H and O–H groups in total. The maximum Gasteiger partial charge on any atom is 0.131 e. The highest BCUT2D eigenvalue weighted by molar-refractivity contribution is 5.47. The highest BCUT2D eigenvalue weighted by Crippen LogP contribution is 2.31. The Balaban J connectivity index is 2.12. The van der Waals surface area contributed by atoms with Crippen molar-refractivity contribution in [3.8, 4) is 0 Å². The van der Waals surface area contributed by atoms with Gasteiger partial charge in [-0.15, -0.1) is 0 Å². The molecule has 0 aliphatic heterocycles. The third-order valence-electron chi connectivity index (χ3n) is 3.51. The summed E-state index contributed by atoms with van der Waals surface area (Å²) in [4.78, 5) is 7.12. The van der Waals surface area contributed by atoms with Gasteiger partial charge in [0.1, 0.15) is 5.82 Å². The van der Waals surface area contributed by atoms with Gasteiger partial charge in [-0.3, -0.25) is 0 Å². The second-order valence-electron chi connectivity index (χ2n) is 5.41. The van der Waals surface area contributed by atoms with E-state index in [1.165, 1.54) is 42.8 Å². The fourth-order valence-corrected chi connectivity index (χ4v) is 2.43. The molecule has 0 amide bonds. The number of hydrogen-bond acceptors (Lipinski definition) is 3. The van der Waals surface area contributed by atoms with Crippen LogP contribution >= 0.6 is 0 Å². The number of anilines is 1. The molecule has 0 spiro atoms. The Morgan fingerprint density at radius 2 is 2.22 bits per heavy atom. The molecule has 0 saturated heterocycles. The molecule has 1 aliphatic rings. The quantitative estimate of drug-likeness (QED) is 0.805. The molecule has 18 heavy (non-hydrogen) atoms. The fourth-order valence-electron chi connectivity index (χ4n) is 2.43. The molecule has 0 radical (unpaired) electrons. The molecule has 0 atom stereocenters. The van der Waals surface area contributed by atoms with Gasteiger partial charge in [-0.05, 0) is 56.2 Å². The molecule has 1 aliphatic carbocycles. The van der Waals surface area contributed by atoms with Gasteiger partial charge < -0.3 is 10.6 Å². The number of aryl methyl sites for hydroxylation is 1. The summed E-state index contributed by atoms with van der Waals surface area (Å²) in [5.41, 5.74) is 8.13. The Bertz CT molecular complexity index is 385. The van der Waals surface area contributed by atoms with Crippen molar-refractivity contribution in [1.29, 1.82) is 0 Å². The first-order valence-electron chi connectivity index (χ1n) is 7.15. The lowest BCUT2D eigenvalue weighted by Gasteiger charge is -2.25. The van der Waals surface area contributed by atoms with Gasteiger partial charge >= 0.3 is 0 Å². The number of rotatable bonds is 7. The largest absolute Gasteiger partial charge is 0.356 e. The number of nitrogens with zero attached hydrogens (tertiary/aromatic N) is 2. The van der Waals surface area contributed by atoms with E-state index in [1.807, 2.05) is 6.20 Å². The molecular formula is C15H25N3. The van der Waals surface area contributed by atoms with Gasteiger partial charge in [0.05, 0.1) is 0 Å². The minimum absolute atomic E-state index is 0.696. The molecule has 1 aromatic heterocycles. The smallest absolute Gasteiger partial charge is 0.131 e. The van der Waals surface area contributed by atoms with Crippen molar-refractivity contribution in [3.05, 3.63) is 23.4 Å². The van der Waals surface area contributed by atoms with E-state index < -0.39 is 0 Å². The summed E-state index contributed by atoms with van der Waals surface area (Å²) >= 11 is 0. The minimum Gasteiger partial charge on any atom is -0.356 e. The number of pyridine rings is 1. The van der Waals surface area contributed by atoms with Crippen molar-refractivity contribution in [2.75, 3.05) is 24.5 Å². The van der Waals surface area contributed by atoms with Gasteiger partial charge in [-0.25, -0.2) is 4.98 Å². The first kappa shape index (κ1) is 13.3. The molecule has 2 rings (SSSR count). The second kappa shape index (κ2) is 6.19. The number of hydrogen-bond donors (Lipinski definition) is 1. The Hall–Kier alpha value is -1.09. The van der Waals surface area contributed by atoms with Crippen LogP contribution in [0.2, 0.25) is 0 Å². The van der Waals surface area contributed by atoms with Crippen LogP contribution in [-0.2, 0) is 6.42 Å². The summed E-state index contributed by atoms with van der Waals surface area (Å²) in [7, 11) is 0. The zero-order chi connectivity index (χ0) is 13.0. The fraction of sp³-hybridized carbons (Fsp3) is 0.667. The van der Waals surface area contributed by atoms with Crippen molar-refractivity contribution < 1.29 is 0 Å². The van der Waals surface area contributed by atoms with Crippen LogP contribution < -0.4 is 10.6 Å². The molecule has 3 heteroatoms. The topological polar surface area (TPSA) is 42.2 Å². The summed E-state index contributed by atoms with van der Waals surface area (Å²) in [5.74, 6) is 2.07. The lowest BCUT2D eigenvalue weighted by Crippen LogP contribution is -2.28. The molecule has 3 nitrogen and oxygen atoms in total. The predicted octanol–water partition coefficient (Wildman–Crippen LogP) is 2.52. The van der Waals surface area contributed by atoms with Crippen LogP contribution in [0.15, 0.2) is 12.3 Å². The molecule has 1 saturated carbocycles. The van der Waals surface area contributed by atoms with Crippen molar-refractivity contribution in [2.24, 2.45) is 11.7 Å². The highest BCUT2D eigenvalue weighted by Gasteiger charge is 2.25. The molecule has 0 aromatic carbocycles. The first-order chi connectivity index (χ1) is 8.74. The van der Waals surface area contributed by atoms with Crippen LogP contribution in [0, 0.1) is 12.8 Å². The molecule has 1 heterocycles. The van der Waals surface area contributed by atoms with Gasteiger partial charge in [-0.1, -0.05) is 13.0 Å². The van der Waals surface area contributed by atoms with Gasteiger partial charge in [0.15, 0.2) is 0 Å². The second-order valence-corrected chi connectivity index (χ2v) is 5.41. The normalized spacial score (nSPS) is 14.8. The predicted molar refractivity (Wildman–Crippen MR) is 77.0 cm³/mol. The SMILES string of the molecule is CCCN(CC1CC1)c1ncc(CCN)cc1C. The Kier molecular flexibility index (Phi) is 4.59. The first-order valence-corrected chi connectivity index (χ1v) is 7.15. The molecule has 1 aromatic rings. The zero-order valence-corrected chi connectivity index (χ0v) is 11.7. The zero-order valence-electron chi connectivity index (χ0n) is 11.7. The van der Waals surface area contributed by atoms with Crippen LogP contribution in [0.5, 0.6) is 0 Å².